The first-order valence-corrected chi connectivity index (χ1v) is 6.61. The van der Waals surface area contributed by atoms with E-state index in [2.05, 4.69) is 18.0 Å². The molecule has 1 atom stereocenters. The van der Waals surface area contributed by atoms with E-state index in [-0.39, 0.29) is 18.5 Å². The molecule has 1 aliphatic rings. The van der Waals surface area contributed by atoms with Crippen LogP contribution in [0, 0.1) is 0 Å². The molecule has 0 N–H and O–H groups in total. The van der Waals surface area contributed by atoms with Crippen molar-refractivity contribution >= 4 is 23.2 Å². The lowest BCUT2D eigenvalue weighted by molar-refractivity contribution is -0.119. The van der Waals surface area contributed by atoms with Gasteiger partial charge in [0.1, 0.15) is 6.54 Å². The highest BCUT2D eigenvalue weighted by Gasteiger charge is 2.30. The third-order valence-electron chi connectivity index (χ3n) is 3.45. The van der Waals surface area contributed by atoms with Crippen LogP contribution in [0.4, 0.5) is 5.69 Å². The van der Waals surface area contributed by atoms with Crippen LogP contribution in [0.25, 0.3) is 0 Å². The van der Waals surface area contributed by atoms with Gasteiger partial charge in [-0.25, -0.2) is 4.98 Å². The van der Waals surface area contributed by atoms with Crippen molar-refractivity contribution < 1.29 is 4.79 Å². The number of anilines is 1. The number of halogens is 1. The number of rotatable bonds is 2. The van der Waals surface area contributed by atoms with Crippen LogP contribution < -0.4 is 4.90 Å². The lowest BCUT2D eigenvalue weighted by atomic mass is 10.1. The Kier molecular flexibility index (Phi) is 3.03. The number of nitrogens with zero attached hydrogens (tertiary/aromatic N) is 3. The van der Waals surface area contributed by atoms with Gasteiger partial charge in [-0.2, -0.15) is 0 Å². The smallest absolute Gasteiger partial charge is 0.247 e. The van der Waals surface area contributed by atoms with Gasteiger partial charge in [-0.15, -0.1) is 0 Å². The number of hydrogen-bond acceptors (Lipinski definition) is 2. The largest absolute Gasteiger partial charge is 0.312 e. The van der Waals surface area contributed by atoms with Crippen LogP contribution in [-0.2, 0) is 17.8 Å². The number of para-hydroxylation sites is 1. The van der Waals surface area contributed by atoms with Crippen LogP contribution >= 0.6 is 11.6 Å². The molecule has 1 aromatic carbocycles. The third-order valence-corrected chi connectivity index (χ3v) is 3.76. The van der Waals surface area contributed by atoms with Gasteiger partial charge in [-0.05, 0) is 36.6 Å². The summed E-state index contributed by atoms with van der Waals surface area (Å²) in [7, 11) is 0. The van der Waals surface area contributed by atoms with E-state index in [9.17, 15) is 4.79 Å². The molecule has 3 rings (SSSR count). The third kappa shape index (κ3) is 2.12. The molecular weight excluding hydrogens is 262 g/mol. The van der Waals surface area contributed by atoms with Crippen molar-refractivity contribution in [2.45, 2.75) is 25.9 Å². The maximum absolute atomic E-state index is 12.5. The normalized spacial score (nSPS) is 17.6. The van der Waals surface area contributed by atoms with E-state index in [1.165, 1.54) is 5.56 Å². The summed E-state index contributed by atoms with van der Waals surface area (Å²) in [4.78, 5) is 18.2. The van der Waals surface area contributed by atoms with E-state index < -0.39 is 0 Å². The summed E-state index contributed by atoms with van der Waals surface area (Å²) in [5.41, 5.74) is 2.23. The highest BCUT2D eigenvalue weighted by Crippen LogP contribution is 2.32. The first kappa shape index (κ1) is 12.2. The highest BCUT2D eigenvalue weighted by molar-refractivity contribution is 6.28. The summed E-state index contributed by atoms with van der Waals surface area (Å²) < 4.78 is 1.65. The minimum absolute atomic E-state index is 0.0392. The number of benzene rings is 1. The lowest BCUT2D eigenvalue weighted by Crippen LogP contribution is -2.38. The molecule has 0 radical (unpaired) electrons. The Morgan fingerprint density at radius 3 is 3.00 bits per heavy atom. The van der Waals surface area contributed by atoms with Crippen molar-refractivity contribution in [2.75, 3.05) is 4.90 Å². The van der Waals surface area contributed by atoms with Gasteiger partial charge in [-0.1, -0.05) is 18.2 Å². The second-order valence-electron chi connectivity index (χ2n) is 4.77. The predicted molar refractivity (Wildman–Crippen MR) is 74.3 cm³/mol. The van der Waals surface area contributed by atoms with Crippen molar-refractivity contribution in [3.63, 3.8) is 0 Å². The summed E-state index contributed by atoms with van der Waals surface area (Å²) in [6.45, 7) is 2.28. The molecule has 2 heterocycles. The van der Waals surface area contributed by atoms with Gasteiger partial charge in [0.2, 0.25) is 11.2 Å². The van der Waals surface area contributed by atoms with Crippen molar-refractivity contribution in [3.05, 3.63) is 47.5 Å². The molecular formula is C14H14ClN3O. The Morgan fingerprint density at radius 2 is 2.26 bits per heavy atom. The minimum Gasteiger partial charge on any atom is -0.312 e. The monoisotopic (exact) mass is 275 g/mol. The summed E-state index contributed by atoms with van der Waals surface area (Å²) >= 11 is 5.91. The maximum Gasteiger partial charge on any atom is 0.247 e. The van der Waals surface area contributed by atoms with E-state index in [0.29, 0.717) is 5.28 Å². The molecule has 0 aliphatic carbocycles. The Hall–Kier alpha value is -1.81. The fourth-order valence-electron chi connectivity index (χ4n) is 2.60. The molecule has 0 spiro atoms. The molecule has 19 heavy (non-hydrogen) atoms. The van der Waals surface area contributed by atoms with E-state index in [0.717, 1.165) is 12.1 Å². The Bertz CT molecular complexity index is 623. The quantitative estimate of drug-likeness (QED) is 0.845. The molecule has 1 aromatic heterocycles. The molecule has 4 nitrogen and oxygen atoms in total. The van der Waals surface area contributed by atoms with Gasteiger partial charge in [0.15, 0.2) is 0 Å². The van der Waals surface area contributed by atoms with Crippen LogP contribution in [0.5, 0.6) is 0 Å². The molecule has 5 heteroatoms. The number of hydrogen-bond donors (Lipinski definition) is 0. The second kappa shape index (κ2) is 4.70. The van der Waals surface area contributed by atoms with Gasteiger partial charge >= 0.3 is 0 Å². The second-order valence-corrected chi connectivity index (χ2v) is 5.11. The van der Waals surface area contributed by atoms with Gasteiger partial charge in [0.05, 0.1) is 0 Å². The van der Waals surface area contributed by atoms with Crippen LogP contribution in [0.15, 0.2) is 36.7 Å². The van der Waals surface area contributed by atoms with Crippen molar-refractivity contribution in [2.24, 2.45) is 0 Å². The Morgan fingerprint density at radius 1 is 1.47 bits per heavy atom. The van der Waals surface area contributed by atoms with Crippen molar-refractivity contribution in [3.8, 4) is 0 Å². The summed E-state index contributed by atoms with van der Waals surface area (Å²) in [5, 5.41) is 0.341. The van der Waals surface area contributed by atoms with E-state index in [1.54, 1.807) is 17.0 Å². The van der Waals surface area contributed by atoms with Crippen LogP contribution in [0.2, 0.25) is 5.28 Å². The molecule has 98 valence electrons. The predicted octanol–water partition coefficient (Wildman–Crippen LogP) is 2.51. The molecule has 0 saturated carbocycles. The Labute approximate surface area is 116 Å². The average molecular weight is 276 g/mol. The van der Waals surface area contributed by atoms with Gasteiger partial charge in [0.25, 0.3) is 0 Å². The molecule has 2 aromatic rings. The number of carbonyl (C=O) groups excluding carboxylic acids is 1. The molecule has 0 saturated heterocycles. The minimum atomic E-state index is 0.0392. The number of aromatic nitrogens is 2. The first-order valence-electron chi connectivity index (χ1n) is 6.23. The summed E-state index contributed by atoms with van der Waals surface area (Å²) in [5.74, 6) is 0.0392. The fourth-order valence-corrected chi connectivity index (χ4v) is 2.77. The summed E-state index contributed by atoms with van der Waals surface area (Å²) in [6.07, 6.45) is 4.21. The van der Waals surface area contributed by atoms with Crippen LogP contribution in [0.1, 0.15) is 12.5 Å². The zero-order valence-electron chi connectivity index (χ0n) is 10.6. The summed E-state index contributed by atoms with van der Waals surface area (Å²) in [6, 6.07) is 8.22. The fraction of sp³-hybridized carbons (Fsp3) is 0.286. The van der Waals surface area contributed by atoms with Crippen molar-refractivity contribution in [1.82, 2.24) is 9.55 Å². The molecule has 0 bridgehead atoms. The van der Waals surface area contributed by atoms with E-state index in [1.807, 2.05) is 23.1 Å². The SMILES string of the molecule is CC1Cc2ccccc2N1C(=O)Cn1ccnc1Cl. The highest BCUT2D eigenvalue weighted by atomic mass is 35.5. The number of carbonyl (C=O) groups is 1. The number of amides is 1. The zero-order chi connectivity index (χ0) is 13.4. The van der Waals surface area contributed by atoms with Gasteiger partial charge < -0.3 is 9.47 Å². The molecule has 1 amide bonds. The van der Waals surface area contributed by atoms with Crippen molar-refractivity contribution in [1.29, 1.82) is 0 Å². The van der Waals surface area contributed by atoms with Gasteiger partial charge in [0, 0.05) is 24.1 Å². The maximum atomic E-state index is 12.5. The Balaban J connectivity index is 1.86. The topological polar surface area (TPSA) is 38.1 Å². The zero-order valence-corrected chi connectivity index (χ0v) is 11.3. The lowest BCUT2D eigenvalue weighted by Gasteiger charge is -2.23. The first-order chi connectivity index (χ1) is 9.16. The van der Waals surface area contributed by atoms with E-state index >= 15 is 0 Å². The standard InChI is InChI=1S/C14H14ClN3O/c1-10-8-11-4-2-3-5-12(11)18(10)13(19)9-17-7-6-16-14(17)15/h2-7,10H,8-9H2,1H3. The molecule has 1 aliphatic heterocycles. The average Bonchev–Trinajstić information content (AvgIpc) is 2.92. The van der Waals surface area contributed by atoms with Crippen LogP contribution in [0.3, 0.4) is 0 Å². The number of imidazole rings is 1. The van der Waals surface area contributed by atoms with Gasteiger partial charge in [-0.3, -0.25) is 4.79 Å². The van der Waals surface area contributed by atoms with Crippen LogP contribution in [-0.4, -0.2) is 21.5 Å². The molecule has 0 fully saturated rings. The number of fused-ring (bicyclic) bond motifs is 1. The molecule has 1 unspecified atom stereocenters. The van der Waals surface area contributed by atoms with E-state index in [4.69, 9.17) is 11.6 Å².